The molecule has 2 heterocycles. The van der Waals surface area contributed by atoms with Crippen molar-refractivity contribution in [1.82, 2.24) is 0 Å². The zero-order valence-corrected chi connectivity index (χ0v) is 6.99. The Morgan fingerprint density at radius 3 is 2.92 bits per heavy atom. The summed E-state index contributed by atoms with van der Waals surface area (Å²) < 4.78 is 15.6. The Hall–Kier alpha value is -0.610. The van der Waals surface area contributed by atoms with Crippen LogP contribution in [-0.2, 0) is 19.0 Å². The van der Waals surface area contributed by atoms with Gasteiger partial charge in [0.1, 0.15) is 6.10 Å². The lowest BCUT2D eigenvalue weighted by Crippen LogP contribution is -2.25. The van der Waals surface area contributed by atoms with E-state index in [1.54, 1.807) is 0 Å². The van der Waals surface area contributed by atoms with Gasteiger partial charge in [-0.15, -0.1) is 0 Å². The first-order chi connectivity index (χ1) is 5.77. The number of ether oxygens (including phenoxy) is 3. The third-order valence-corrected chi connectivity index (χ3v) is 2.30. The number of hydrogen-bond donors (Lipinski definition) is 0. The smallest absolute Gasteiger partial charge is 0.302 e. The van der Waals surface area contributed by atoms with Gasteiger partial charge in [0.25, 0.3) is 0 Å². The zero-order valence-electron chi connectivity index (χ0n) is 6.99. The van der Waals surface area contributed by atoms with Crippen molar-refractivity contribution in [2.24, 2.45) is 5.92 Å². The van der Waals surface area contributed by atoms with Gasteiger partial charge in [-0.05, 0) is 6.42 Å². The molecule has 0 amide bonds. The highest BCUT2D eigenvalue weighted by molar-refractivity contribution is 5.66. The second kappa shape index (κ2) is 4.07. The molecule has 0 saturated carbocycles. The first-order valence-electron chi connectivity index (χ1n) is 4.18. The molecule has 4 nitrogen and oxygen atoms in total. The van der Waals surface area contributed by atoms with Crippen molar-refractivity contribution in [1.29, 1.82) is 0 Å². The maximum absolute atomic E-state index is 10.7. The molecule has 0 aromatic rings. The normalized spacial score (nSPS) is 36.5. The lowest BCUT2D eigenvalue weighted by atomic mass is 10.0. The first-order valence-corrected chi connectivity index (χ1v) is 4.18. The van der Waals surface area contributed by atoms with Crippen LogP contribution in [0.15, 0.2) is 0 Å². The van der Waals surface area contributed by atoms with E-state index in [1.165, 1.54) is 6.92 Å². The van der Waals surface area contributed by atoms with Gasteiger partial charge in [-0.3, -0.25) is 4.79 Å². The minimum absolute atomic E-state index is 0. The molecule has 4 heteroatoms. The molecule has 0 aromatic carbocycles. The fourth-order valence-electron chi connectivity index (χ4n) is 1.76. The van der Waals surface area contributed by atoms with Crippen LogP contribution >= 0.6 is 0 Å². The molecule has 3 atom stereocenters. The van der Waals surface area contributed by atoms with E-state index in [0.29, 0.717) is 13.2 Å². The van der Waals surface area contributed by atoms with Crippen molar-refractivity contribution >= 4 is 5.97 Å². The van der Waals surface area contributed by atoms with Crippen LogP contribution in [0.4, 0.5) is 0 Å². The van der Waals surface area contributed by atoms with Crippen molar-refractivity contribution < 1.29 is 19.0 Å². The van der Waals surface area contributed by atoms with Crippen LogP contribution in [0.3, 0.4) is 0 Å². The number of esters is 1. The van der Waals surface area contributed by atoms with Crippen LogP contribution in [0.25, 0.3) is 0 Å². The Morgan fingerprint density at radius 1 is 1.46 bits per heavy atom. The van der Waals surface area contributed by atoms with Gasteiger partial charge in [-0.2, -0.15) is 0 Å². The van der Waals surface area contributed by atoms with Crippen LogP contribution in [0.2, 0.25) is 0 Å². The van der Waals surface area contributed by atoms with Gasteiger partial charge >= 0.3 is 5.97 Å². The van der Waals surface area contributed by atoms with Gasteiger partial charge in [-0.1, -0.05) is 7.43 Å². The SMILES string of the molecule is C.CC(=O)OC1COC2OCCC12. The van der Waals surface area contributed by atoms with Crippen molar-refractivity contribution in [3.05, 3.63) is 0 Å². The second-order valence-electron chi connectivity index (χ2n) is 3.17. The molecule has 2 fully saturated rings. The highest BCUT2D eigenvalue weighted by atomic mass is 16.7. The second-order valence-corrected chi connectivity index (χ2v) is 3.17. The first kappa shape index (κ1) is 10.5. The zero-order chi connectivity index (χ0) is 8.55. The van der Waals surface area contributed by atoms with Crippen LogP contribution < -0.4 is 0 Å². The summed E-state index contributed by atoms with van der Waals surface area (Å²) in [5, 5.41) is 0. The maximum Gasteiger partial charge on any atom is 0.302 e. The lowest BCUT2D eigenvalue weighted by Gasteiger charge is -2.13. The fraction of sp³-hybridized carbons (Fsp3) is 0.889. The number of carbonyl (C=O) groups excluding carboxylic acids is 1. The predicted octanol–water partition coefficient (Wildman–Crippen LogP) is 0.947. The molecule has 0 aromatic heterocycles. The Labute approximate surface area is 78.2 Å². The predicted molar refractivity (Wildman–Crippen MR) is 46.1 cm³/mol. The van der Waals surface area contributed by atoms with Gasteiger partial charge in [0.2, 0.25) is 0 Å². The van der Waals surface area contributed by atoms with E-state index in [-0.39, 0.29) is 31.7 Å². The third-order valence-electron chi connectivity index (χ3n) is 2.30. The Bertz CT molecular complexity index is 192. The summed E-state index contributed by atoms with van der Waals surface area (Å²) in [4.78, 5) is 10.7. The average molecular weight is 188 g/mol. The van der Waals surface area contributed by atoms with E-state index in [9.17, 15) is 4.79 Å². The fourth-order valence-corrected chi connectivity index (χ4v) is 1.76. The molecule has 2 aliphatic rings. The molecule has 0 spiro atoms. The molecular weight excluding hydrogens is 172 g/mol. The van der Waals surface area contributed by atoms with E-state index in [0.717, 1.165) is 6.42 Å². The van der Waals surface area contributed by atoms with Crippen molar-refractivity contribution in [3.8, 4) is 0 Å². The van der Waals surface area contributed by atoms with Crippen LogP contribution in [0, 0.1) is 5.92 Å². The van der Waals surface area contributed by atoms with Crippen molar-refractivity contribution in [2.75, 3.05) is 13.2 Å². The molecule has 2 saturated heterocycles. The highest BCUT2D eigenvalue weighted by Gasteiger charge is 2.43. The van der Waals surface area contributed by atoms with E-state index in [1.807, 2.05) is 0 Å². The topological polar surface area (TPSA) is 44.8 Å². The number of fused-ring (bicyclic) bond motifs is 1. The lowest BCUT2D eigenvalue weighted by molar-refractivity contribution is -0.147. The minimum Gasteiger partial charge on any atom is -0.460 e. The van der Waals surface area contributed by atoms with Crippen LogP contribution in [0.1, 0.15) is 20.8 Å². The quantitative estimate of drug-likeness (QED) is 0.575. The van der Waals surface area contributed by atoms with Crippen molar-refractivity contribution in [2.45, 2.75) is 33.2 Å². The average Bonchev–Trinajstić information content (AvgIpc) is 2.52. The van der Waals surface area contributed by atoms with Gasteiger partial charge < -0.3 is 14.2 Å². The number of carbonyl (C=O) groups is 1. The van der Waals surface area contributed by atoms with E-state index in [2.05, 4.69) is 0 Å². The van der Waals surface area contributed by atoms with Crippen LogP contribution in [0.5, 0.6) is 0 Å². The summed E-state index contributed by atoms with van der Waals surface area (Å²) in [6, 6.07) is 0. The van der Waals surface area contributed by atoms with E-state index >= 15 is 0 Å². The Balaban J connectivity index is 0.000000845. The summed E-state index contributed by atoms with van der Waals surface area (Å²) in [6.45, 7) is 2.62. The summed E-state index contributed by atoms with van der Waals surface area (Å²) in [5.41, 5.74) is 0. The van der Waals surface area contributed by atoms with Crippen LogP contribution in [-0.4, -0.2) is 31.6 Å². The third kappa shape index (κ3) is 2.00. The number of rotatable bonds is 1. The van der Waals surface area contributed by atoms with E-state index in [4.69, 9.17) is 14.2 Å². The minimum atomic E-state index is -0.240. The Kier molecular flexibility index (Phi) is 3.27. The number of hydrogen-bond acceptors (Lipinski definition) is 4. The summed E-state index contributed by atoms with van der Waals surface area (Å²) in [6.07, 6.45) is 0.715. The molecule has 3 unspecified atom stereocenters. The monoisotopic (exact) mass is 188 g/mol. The van der Waals surface area contributed by atoms with Gasteiger partial charge in [0.05, 0.1) is 19.1 Å². The molecule has 2 rings (SSSR count). The molecular formula is C9H16O4. The maximum atomic E-state index is 10.7. The van der Waals surface area contributed by atoms with Gasteiger partial charge in [0.15, 0.2) is 6.29 Å². The summed E-state index contributed by atoms with van der Waals surface area (Å²) in [5.74, 6) is 0.0186. The van der Waals surface area contributed by atoms with Gasteiger partial charge in [0, 0.05) is 6.92 Å². The summed E-state index contributed by atoms with van der Waals surface area (Å²) in [7, 11) is 0. The molecule has 0 aliphatic carbocycles. The van der Waals surface area contributed by atoms with Crippen molar-refractivity contribution in [3.63, 3.8) is 0 Å². The molecule has 0 N–H and O–H groups in total. The molecule has 13 heavy (non-hydrogen) atoms. The molecule has 0 radical (unpaired) electrons. The van der Waals surface area contributed by atoms with Gasteiger partial charge in [-0.25, -0.2) is 0 Å². The highest BCUT2D eigenvalue weighted by Crippen LogP contribution is 2.32. The molecule has 2 aliphatic heterocycles. The standard InChI is InChI=1S/C8H12O4.CH4/c1-5(9)12-7-4-11-8-6(7)2-3-10-8;/h6-8H,2-4H2,1H3;1H4. The summed E-state index contributed by atoms with van der Waals surface area (Å²) >= 11 is 0. The van der Waals surface area contributed by atoms with E-state index < -0.39 is 0 Å². The molecule has 76 valence electrons. The largest absolute Gasteiger partial charge is 0.460 e. The Morgan fingerprint density at radius 2 is 2.23 bits per heavy atom. The molecule has 0 bridgehead atoms.